The van der Waals surface area contributed by atoms with E-state index in [0.717, 1.165) is 31.2 Å². The van der Waals surface area contributed by atoms with Gasteiger partial charge in [-0.15, -0.1) is 0 Å². The first-order chi connectivity index (χ1) is 12.4. The molecule has 2 aromatic rings. The zero-order valence-electron chi connectivity index (χ0n) is 15.6. The van der Waals surface area contributed by atoms with E-state index in [4.69, 9.17) is 0 Å². The van der Waals surface area contributed by atoms with Gasteiger partial charge in [0.2, 0.25) is 0 Å². The van der Waals surface area contributed by atoms with Gasteiger partial charge in [0, 0.05) is 17.7 Å². The Morgan fingerprint density at radius 1 is 1.08 bits per heavy atom. The van der Waals surface area contributed by atoms with E-state index in [0.29, 0.717) is 17.1 Å². The summed E-state index contributed by atoms with van der Waals surface area (Å²) in [5.74, 6) is 0. The summed E-state index contributed by atoms with van der Waals surface area (Å²) in [6.07, 6.45) is 3.83. The van der Waals surface area contributed by atoms with Crippen LogP contribution in [0, 0.1) is 6.92 Å². The maximum atomic E-state index is 13.2. The Balaban J connectivity index is 2.00. The van der Waals surface area contributed by atoms with Crippen LogP contribution in [0.25, 0.3) is 0 Å². The average molecular weight is 370 g/mol. The lowest BCUT2D eigenvalue weighted by Gasteiger charge is -2.32. The molecule has 1 aliphatic rings. The van der Waals surface area contributed by atoms with Crippen molar-refractivity contribution in [2.45, 2.75) is 49.8 Å². The van der Waals surface area contributed by atoms with Crippen molar-refractivity contribution in [3.63, 3.8) is 0 Å². The van der Waals surface area contributed by atoms with Crippen LogP contribution in [0.4, 0.5) is 0 Å². The first-order valence-corrected chi connectivity index (χ1v) is 10.7. The fourth-order valence-corrected chi connectivity index (χ4v) is 5.40. The number of aryl methyl sites for hydroxylation is 1. The summed E-state index contributed by atoms with van der Waals surface area (Å²) in [6, 6.07) is 17.3. The summed E-state index contributed by atoms with van der Waals surface area (Å²) in [7, 11) is -3.57. The lowest BCUT2D eigenvalue weighted by Crippen LogP contribution is -2.32. The van der Waals surface area contributed by atoms with Gasteiger partial charge in [0.05, 0.1) is 4.90 Å². The molecule has 1 atom stereocenters. The molecule has 4 heteroatoms. The highest BCUT2D eigenvalue weighted by Crippen LogP contribution is 2.47. The molecule has 1 saturated heterocycles. The first kappa shape index (κ1) is 18.7. The van der Waals surface area contributed by atoms with Gasteiger partial charge in [0.25, 0.3) is 10.0 Å². The third kappa shape index (κ3) is 3.18. The predicted molar refractivity (Wildman–Crippen MR) is 106 cm³/mol. The van der Waals surface area contributed by atoms with Crippen LogP contribution in [0.1, 0.15) is 43.7 Å². The quantitative estimate of drug-likeness (QED) is 0.716. The molecule has 0 N–H and O–H groups in total. The Labute approximate surface area is 157 Å². The smallest absolute Gasteiger partial charge is 0.264 e. The molecular formula is C22H27NO2S. The summed E-state index contributed by atoms with van der Waals surface area (Å²) in [5.41, 5.74) is 2.62. The van der Waals surface area contributed by atoms with E-state index in [1.807, 2.05) is 37.3 Å². The number of sulfonamides is 1. The maximum absolute atomic E-state index is 13.2. The topological polar surface area (TPSA) is 37.4 Å². The monoisotopic (exact) mass is 369 g/mol. The van der Waals surface area contributed by atoms with Gasteiger partial charge < -0.3 is 0 Å². The van der Waals surface area contributed by atoms with E-state index in [1.165, 1.54) is 9.87 Å². The lowest BCUT2D eigenvalue weighted by atomic mass is 9.74. The second-order valence-electron chi connectivity index (χ2n) is 7.14. The van der Waals surface area contributed by atoms with Crippen LogP contribution < -0.4 is 0 Å². The van der Waals surface area contributed by atoms with E-state index in [9.17, 15) is 8.42 Å². The Morgan fingerprint density at radius 2 is 1.73 bits per heavy atom. The van der Waals surface area contributed by atoms with Crippen LogP contribution in [0.3, 0.4) is 0 Å². The van der Waals surface area contributed by atoms with Gasteiger partial charge in [0.1, 0.15) is 0 Å². The van der Waals surface area contributed by atoms with Crippen LogP contribution in [0.2, 0.25) is 0 Å². The largest absolute Gasteiger partial charge is 0.270 e. The fraction of sp³-hybridized carbons (Fsp3) is 0.364. The molecule has 0 bridgehead atoms. The van der Waals surface area contributed by atoms with Crippen molar-refractivity contribution in [1.29, 1.82) is 0 Å². The van der Waals surface area contributed by atoms with Crippen molar-refractivity contribution in [2.24, 2.45) is 0 Å². The first-order valence-electron chi connectivity index (χ1n) is 9.26. The molecule has 138 valence electrons. The second-order valence-corrected chi connectivity index (χ2v) is 9.00. The summed E-state index contributed by atoms with van der Waals surface area (Å²) >= 11 is 0. The molecule has 3 nitrogen and oxygen atoms in total. The van der Waals surface area contributed by atoms with Crippen LogP contribution in [-0.4, -0.2) is 19.3 Å². The Morgan fingerprint density at radius 3 is 2.35 bits per heavy atom. The van der Waals surface area contributed by atoms with Crippen LogP contribution in [0.15, 0.2) is 71.8 Å². The summed E-state index contributed by atoms with van der Waals surface area (Å²) in [6.45, 7) is 8.87. The molecule has 3 rings (SSSR count). The van der Waals surface area contributed by atoms with Crippen LogP contribution >= 0.6 is 0 Å². The van der Waals surface area contributed by atoms with Crippen molar-refractivity contribution >= 4 is 10.0 Å². The molecule has 0 aromatic heterocycles. The van der Waals surface area contributed by atoms with E-state index < -0.39 is 10.0 Å². The third-order valence-electron chi connectivity index (χ3n) is 5.49. The standard InChI is InChI=1S/C22H27NO2S/c1-4-5-15-22(20-9-7-6-8-10-20)16-17-23(19(22)3)26(24,25)21-13-11-18(2)12-14-21/h6-14H,3-5,15-17H2,1-2H3/t22-/m0/s1. The van der Waals surface area contributed by atoms with E-state index in [1.54, 1.807) is 12.1 Å². The van der Waals surface area contributed by atoms with Gasteiger partial charge in [-0.2, -0.15) is 0 Å². The van der Waals surface area contributed by atoms with Gasteiger partial charge in [-0.1, -0.05) is 74.4 Å². The molecule has 0 aliphatic carbocycles. The van der Waals surface area contributed by atoms with Gasteiger partial charge in [-0.25, -0.2) is 8.42 Å². The highest BCUT2D eigenvalue weighted by Gasteiger charge is 2.46. The molecule has 0 saturated carbocycles. The number of hydrogen-bond acceptors (Lipinski definition) is 2. The number of unbranched alkanes of at least 4 members (excludes halogenated alkanes) is 1. The lowest BCUT2D eigenvalue weighted by molar-refractivity contribution is 0.450. The van der Waals surface area contributed by atoms with Crippen molar-refractivity contribution in [1.82, 2.24) is 4.31 Å². The molecular weight excluding hydrogens is 342 g/mol. The number of rotatable bonds is 6. The average Bonchev–Trinajstić information content (AvgIpc) is 2.99. The molecule has 26 heavy (non-hydrogen) atoms. The number of hydrogen-bond donors (Lipinski definition) is 0. The fourth-order valence-electron chi connectivity index (χ4n) is 3.87. The minimum absolute atomic E-state index is 0.297. The second kappa shape index (κ2) is 7.28. The molecule has 0 spiro atoms. The number of benzene rings is 2. The van der Waals surface area contributed by atoms with Crippen molar-refractivity contribution < 1.29 is 8.42 Å². The van der Waals surface area contributed by atoms with Gasteiger partial charge in [-0.05, 0) is 37.5 Å². The summed E-state index contributed by atoms with van der Waals surface area (Å²) in [5, 5.41) is 0. The van der Waals surface area contributed by atoms with E-state index in [2.05, 4.69) is 25.6 Å². The van der Waals surface area contributed by atoms with E-state index >= 15 is 0 Å². The SMILES string of the molecule is C=C1N(S(=O)(=O)c2ccc(C)cc2)CC[C@]1(CCCC)c1ccccc1. The normalized spacial score (nSPS) is 20.5. The number of nitrogens with zero attached hydrogens (tertiary/aromatic N) is 1. The van der Waals surface area contributed by atoms with E-state index in [-0.39, 0.29) is 5.41 Å². The van der Waals surface area contributed by atoms with Gasteiger partial charge >= 0.3 is 0 Å². The highest BCUT2D eigenvalue weighted by molar-refractivity contribution is 7.89. The van der Waals surface area contributed by atoms with Gasteiger partial charge in [-0.3, -0.25) is 4.31 Å². The molecule has 2 aromatic carbocycles. The predicted octanol–water partition coefficient (Wildman–Crippen LogP) is 5.03. The van der Waals surface area contributed by atoms with Crippen molar-refractivity contribution in [2.75, 3.05) is 6.54 Å². The zero-order chi connectivity index (χ0) is 18.8. The van der Waals surface area contributed by atoms with Crippen molar-refractivity contribution in [3.05, 3.63) is 78.0 Å². The maximum Gasteiger partial charge on any atom is 0.264 e. The third-order valence-corrected chi connectivity index (χ3v) is 7.34. The highest BCUT2D eigenvalue weighted by atomic mass is 32.2. The summed E-state index contributed by atoms with van der Waals surface area (Å²) < 4.78 is 28.0. The minimum atomic E-state index is -3.57. The van der Waals surface area contributed by atoms with Crippen LogP contribution in [0.5, 0.6) is 0 Å². The van der Waals surface area contributed by atoms with Crippen molar-refractivity contribution in [3.8, 4) is 0 Å². The molecule has 0 unspecified atom stereocenters. The molecule has 0 amide bonds. The zero-order valence-corrected chi connectivity index (χ0v) is 16.4. The summed E-state index contributed by atoms with van der Waals surface area (Å²) in [4.78, 5) is 0.337. The molecule has 1 fully saturated rings. The van der Waals surface area contributed by atoms with Gasteiger partial charge in [0.15, 0.2) is 0 Å². The molecule has 1 aliphatic heterocycles. The molecule has 0 radical (unpaired) electrons. The van der Waals surface area contributed by atoms with Crippen LogP contribution in [-0.2, 0) is 15.4 Å². The minimum Gasteiger partial charge on any atom is -0.270 e. The number of allylic oxidation sites excluding steroid dienone is 1. The Hall–Kier alpha value is -2.07. The Bertz CT molecular complexity index is 872. The Kier molecular flexibility index (Phi) is 5.24. The molecule has 1 heterocycles.